The number of nitrogens with one attached hydrogen (secondary N) is 2. The van der Waals surface area contributed by atoms with Crippen LogP contribution in [0.3, 0.4) is 0 Å². The molecule has 122 valence electrons. The van der Waals surface area contributed by atoms with Crippen molar-refractivity contribution < 1.29 is 17.9 Å². The highest BCUT2D eigenvalue weighted by molar-refractivity contribution is 7.89. The van der Waals surface area contributed by atoms with Crippen LogP contribution in [0.4, 0.5) is 0 Å². The van der Waals surface area contributed by atoms with Crippen LogP contribution in [0.15, 0.2) is 47.4 Å². The maximum Gasteiger partial charge on any atom is 0.270 e. The Morgan fingerprint density at radius 2 is 1.78 bits per heavy atom. The molecule has 2 N–H and O–H groups in total. The Bertz CT molecular complexity index is 840. The molecule has 0 heterocycles. The van der Waals surface area contributed by atoms with Gasteiger partial charge in [-0.25, -0.2) is 8.42 Å². The van der Waals surface area contributed by atoms with Crippen LogP contribution in [0.5, 0.6) is 5.75 Å². The molecule has 6 nitrogen and oxygen atoms in total. The van der Waals surface area contributed by atoms with Crippen LogP contribution in [0.25, 0.3) is 0 Å². The van der Waals surface area contributed by atoms with E-state index in [-0.39, 0.29) is 21.2 Å². The second kappa shape index (κ2) is 7.18. The number of amides is 1. The maximum absolute atomic E-state index is 12.1. The van der Waals surface area contributed by atoms with Gasteiger partial charge in [0.25, 0.3) is 15.9 Å². The summed E-state index contributed by atoms with van der Waals surface area (Å²) in [5.74, 6) is -0.455. The van der Waals surface area contributed by atoms with Crippen molar-refractivity contribution in [3.05, 3.63) is 58.1 Å². The fourth-order valence-corrected chi connectivity index (χ4v) is 3.04. The maximum atomic E-state index is 12.1. The third kappa shape index (κ3) is 4.35. The van der Waals surface area contributed by atoms with E-state index < -0.39 is 15.9 Å². The largest absolute Gasteiger partial charge is 0.496 e. The molecule has 0 unspecified atom stereocenters. The molecule has 0 spiro atoms. The molecule has 0 aliphatic heterocycles. The number of carbonyl (C=O) groups is 1. The Kier molecular flexibility index (Phi) is 5.48. The summed E-state index contributed by atoms with van der Waals surface area (Å²) in [4.78, 5) is 14.0. The molecule has 0 saturated carbocycles. The summed E-state index contributed by atoms with van der Waals surface area (Å²) < 4.78 is 29.2. The summed E-state index contributed by atoms with van der Waals surface area (Å²) >= 11 is 11.6. The minimum Gasteiger partial charge on any atom is -0.496 e. The molecule has 9 heteroatoms. The Morgan fingerprint density at radius 3 is 2.43 bits per heavy atom. The second-order valence-electron chi connectivity index (χ2n) is 4.36. The average molecular weight is 375 g/mol. The number of halogens is 2. The highest BCUT2D eigenvalue weighted by Crippen LogP contribution is 2.22. The van der Waals surface area contributed by atoms with Gasteiger partial charge in [0.1, 0.15) is 5.75 Å². The van der Waals surface area contributed by atoms with Crippen molar-refractivity contribution in [3.8, 4) is 5.75 Å². The molecule has 0 fully saturated rings. The fourth-order valence-electron chi connectivity index (χ4n) is 1.73. The van der Waals surface area contributed by atoms with Crippen LogP contribution in [-0.4, -0.2) is 21.4 Å². The zero-order chi connectivity index (χ0) is 17.0. The van der Waals surface area contributed by atoms with Gasteiger partial charge in [-0.1, -0.05) is 29.3 Å². The van der Waals surface area contributed by atoms with Crippen LogP contribution >= 0.6 is 23.2 Å². The van der Waals surface area contributed by atoms with Gasteiger partial charge in [-0.2, -0.15) is 0 Å². The van der Waals surface area contributed by atoms with Gasteiger partial charge < -0.3 is 4.74 Å². The second-order valence-corrected chi connectivity index (χ2v) is 6.92. The van der Waals surface area contributed by atoms with Crippen molar-refractivity contribution in [1.29, 1.82) is 0 Å². The number of hydrogen-bond donors (Lipinski definition) is 2. The predicted molar refractivity (Wildman–Crippen MR) is 87.2 cm³/mol. The molecule has 0 bridgehead atoms. The number of methoxy groups -OCH3 is 1. The van der Waals surface area contributed by atoms with E-state index in [1.807, 2.05) is 4.83 Å². The average Bonchev–Trinajstić information content (AvgIpc) is 2.52. The molecule has 0 aliphatic carbocycles. The molecule has 2 aromatic carbocycles. The number of ether oxygens (including phenoxy) is 1. The molecule has 0 aromatic heterocycles. The van der Waals surface area contributed by atoms with Crippen LogP contribution in [0.1, 0.15) is 10.4 Å². The van der Waals surface area contributed by atoms with Gasteiger partial charge in [0, 0.05) is 10.0 Å². The first-order valence-corrected chi connectivity index (χ1v) is 8.48. The first kappa shape index (κ1) is 17.6. The van der Waals surface area contributed by atoms with Crippen molar-refractivity contribution in [2.24, 2.45) is 0 Å². The monoisotopic (exact) mass is 374 g/mol. The first-order chi connectivity index (χ1) is 10.8. The smallest absolute Gasteiger partial charge is 0.270 e. The van der Waals surface area contributed by atoms with Gasteiger partial charge in [0.2, 0.25) is 0 Å². The lowest BCUT2D eigenvalue weighted by Gasteiger charge is -2.11. The molecular weight excluding hydrogens is 363 g/mol. The zero-order valence-electron chi connectivity index (χ0n) is 11.8. The van der Waals surface area contributed by atoms with Crippen molar-refractivity contribution in [3.63, 3.8) is 0 Å². The summed E-state index contributed by atoms with van der Waals surface area (Å²) in [6.07, 6.45) is 0. The predicted octanol–water partition coefficient (Wildman–Crippen LogP) is 2.63. The minimum atomic E-state index is -3.96. The van der Waals surface area contributed by atoms with Gasteiger partial charge in [-0.15, -0.1) is 4.83 Å². The normalized spacial score (nSPS) is 11.1. The van der Waals surface area contributed by atoms with E-state index in [9.17, 15) is 13.2 Å². The molecular formula is C14H12Cl2N2O4S. The van der Waals surface area contributed by atoms with Crippen molar-refractivity contribution in [1.82, 2.24) is 10.3 Å². The van der Waals surface area contributed by atoms with E-state index in [1.165, 1.54) is 43.5 Å². The van der Waals surface area contributed by atoms with Crippen molar-refractivity contribution in [2.45, 2.75) is 4.90 Å². The van der Waals surface area contributed by atoms with Crippen LogP contribution in [0.2, 0.25) is 10.0 Å². The lowest BCUT2D eigenvalue weighted by atomic mass is 10.2. The van der Waals surface area contributed by atoms with Crippen LogP contribution in [-0.2, 0) is 10.0 Å². The molecule has 0 radical (unpaired) electrons. The van der Waals surface area contributed by atoms with E-state index in [2.05, 4.69) is 5.43 Å². The van der Waals surface area contributed by atoms with Gasteiger partial charge in [0.15, 0.2) is 0 Å². The highest BCUT2D eigenvalue weighted by Gasteiger charge is 2.18. The topological polar surface area (TPSA) is 84.5 Å². The highest BCUT2D eigenvalue weighted by atomic mass is 35.5. The molecule has 2 rings (SSSR count). The SMILES string of the molecule is COc1ccc(Cl)cc1C(=O)NNS(=O)(=O)c1cccc(Cl)c1. The lowest BCUT2D eigenvalue weighted by molar-refractivity contribution is 0.0942. The Labute approximate surface area is 143 Å². The molecule has 23 heavy (non-hydrogen) atoms. The third-order valence-electron chi connectivity index (χ3n) is 2.81. The summed E-state index contributed by atoms with van der Waals surface area (Å²) in [6.45, 7) is 0. The molecule has 1 amide bonds. The van der Waals surface area contributed by atoms with E-state index >= 15 is 0 Å². The van der Waals surface area contributed by atoms with Crippen LogP contribution < -0.4 is 15.0 Å². The number of sulfonamides is 1. The lowest BCUT2D eigenvalue weighted by Crippen LogP contribution is -2.41. The van der Waals surface area contributed by atoms with Gasteiger partial charge in [-0.05, 0) is 36.4 Å². The van der Waals surface area contributed by atoms with E-state index in [0.717, 1.165) is 0 Å². The summed E-state index contributed by atoms with van der Waals surface area (Å²) in [5, 5.41) is 0.573. The van der Waals surface area contributed by atoms with E-state index in [0.29, 0.717) is 5.02 Å². The number of benzene rings is 2. The van der Waals surface area contributed by atoms with Crippen molar-refractivity contribution >= 4 is 39.1 Å². The summed E-state index contributed by atoms with van der Waals surface area (Å²) in [5.41, 5.74) is 2.19. The first-order valence-electron chi connectivity index (χ1n) is 6.25. The fraction of sp³-hybridized carbons (Fsp3) is 0.0714. The zero-order valence-corrected chi connectivity index (χ0v) is 14.2. The summed E-state index contributed by atoms with van der Waals surface area (Å²) in [6, 6.07) is 10.0. The van der Waals surface area contributed by atoms with Crippen molar-refractivity contribution in [2.75, 3.05) is 7.11 Å². The number of carbonyl (C=O) groups excluding carboxylic acids is 1. The Hall–Kier alpha value is -1.80. The molecule has 0 atom stereocenters. The van der Waals surface area contributed by atoms with Gasteiger partial charge in [-0.3, -0.25) is 10.2 Å². The van der Waals surface area contributed by atoms with Gasteiger partial charge >= 0.3 is 0 Å². The Morgan fingerprint density at radius 1 is 1.09 bits per heavy atom. The molecule has 2 aromatic rings. The number of hydrogen-bond acceptors (Lipinski definition) is 4. The van der Waals surface area contributed by atoms with E-state index in [1.54, 1.807) is 6.07 Å². The minimum absolute atomic E-state index is 0.0802. The third-order valence-corrected chi connectivity index (χ3v) is 4.53. The Balaban J connectivity index is 2.17. The van der Waals surface area contributed by atoms with E-state index in [4.69, 9.17) is 27.9 Å². The summed E-state index contributed by atoms with van der Waals surface area (Å²) in [7, 11) is -2.57. The standard InChI is InChI=1S/C14H12Cl2N2O4S/c1-22-13-6-5-10(16)8-12(13)14(19)17-18-23(20,21)11-4-2-3-9(15)7-11/h2-8,18H,1H3,(H,17,19). The quantitative estimate of drug-likeness (QED) is 0.787. The molecule has 0 saturated heterocycles. The molecule has 0 aliphatic rings. The van der Waals surface area contributed by atoms with Gasteiger partial charge in [0.05, 0.1) is 17.6 Å². The number of rotatable bonds is 5. The number of hydrazine groups is 1. The van der Waals surface area contributed by atoms with Crippen LogP contribution in [0, 0.1) is 0 Å².